The quantitative estimate of drug-likeness (QED) is 0.840. The number of carbonyl (C=O) groups is 1. The zero-order valence-corrected chi connectivity index (χ0v) is 11.6. The van der Waals surface area contributed by atoms with Crippen LogP contribution in [0.5, 0.6) is 5.75 Å². The number of Topliss-reactive ketones (excluding diaryl/α,β-unsaturated/α-hetero) is 1. The molecule has 20 heavy (non-hydrogen) atoms. The van der Waals surface area contributed by atoms with Crippen molar-refractivity contribution < 1.29 is 15.0 Å². The van der Waals surface area contributed by atoms with Gasteiger partial charge >= 0.3 is 0 Å². The van der Waals surface area contributed by atoms with Gasteiger partial charge < -0.3 is 10.2 Å². The molecule has 0 amide bonds. The minimum absolute atomic E-state index is 0.268. The minimum Gasteiger partial charge on any atom is -0.508 e. The van der Waals surface area contributed by atoms with Crippen molar-refractivity contribution in [1.29, 1.82) is 0 Å². The van der Waals surface area contributed by atoms with Crippen molar-refractivity contribution in [2.24, 2.45) is 0 Å². The normalized spacial score (nSPS) is 11.3. The number of rotatable bonds is 4. The standard InChI is InChI=1S/C17H18O3/c1-17(2,20)16(19)13-9-7-12(8-10-13)11-14-5-3-4-6-15(14)18/h3-10,18,20H,11H2,1-2H3. The second-order valence-corrected chi connectivity index (χ2v) is 5.39. The third-order valence-electron chi connectivity index (χ3n) is 3.16. The molecular weight excluding hydrogens is 252 g/mol. The van der Waals surface area contributed by atoms with Gasteiger partial charge in [-0.25, -0.2) is 0 Å². The lowest BCUT2D eigenvalue weighted by molar-refractivity contribution is 0.0488. The molecule has 3 heteroatoms. The lowest BCUT2D eigenvalue weighted by atomic mass is 9.95. The van der Waals surface area contributed by atoms with E-state index in [0.29, 0.717) is 12.0 Å². The molecule has 3 nitrogen and oxygen atoms in total. The SMILES string of the molecule is CC(C)(O)C(=O)c1ccc(Cc2ccccc2O)cc1. The molecule has 0 radical (unpaired) electrons. The zero-order chi connectivity index (χ0) is 14.8. The molecule has 2 aromatic carbocycles. The van der Waals surface area contributed by atoms with Gasteiger partial charge in [-0.1, -0.05) is 42.5 Å². The molecule has 0 aliphatic carbocycles. The van der Waals surface area contributed by atoms with Crippen molar-refractivity contribution in [3.63, 3.8) is 0 Å². The van der Waals surface area contributed by atoms with Crippen LogP contribution in [-0.2, 0) is 6.42 Å². The first kappa shape index (κ1) is 14.3. The first-order valence-electron chi connectivity index (χ1n) is 6.51. The Morgan fingerprint density at radius 2 is 1.65 bits per heavy atom. The molecule has 0 aliphatic rings. The van der Waals surface area contributed by atoms with E-state index in [1.165, 1.54) is 13.8 Å². The van der Waals surface area contributed by atoms with Gasteiger partial charge in [0.15, 0.2) is 5.78 Å². The molecule has 0 aliphatic heterocycles. The molecule has 0 heterocycles. The second-order valence-electron chi connectivity index (χ2n) is 5.39. The van der Waals surface area contributed by atoms with E-state index in [2.05, 4.69) is 0 Å². The van der Waals surface area contributed by atoms with E-state index in [1.807, 2.05) is 24.3 Å². The average Bonchev–Trinajstić information content (AvgIpc) is 2.40. The van der Waals surface area contributed by atoms with Gasteiger partial charge in [0.05, 0.1) is 0 Å². The van der Waals surface area contributed by atoms with Crippen LogP contribution >= 0.6 is 0 Å². The summed E-state index contributed by atoms with van der Waals surface area (Å²) in [6.07, 6.45) is 0.601. The lowest BCUT2D eigenvalue weighted by Crippen LogP contribution is -2.31. The van der Waals surface area contributed by atoms with E-state index in [0.717, 1.165) is 11.1 Å². The highest BCUT2D eigenvalue weighted by molar-refractivity contribution is 6.01. The highest BCUT2D eigenvalue weighted by Gasteiger charge is 2.24. The van der Waals surface area contributed by atoms with Crippen molar-refractivity contribution >= 4 is 5.78 Å². The number of aromatic hydroxyl groups is 1. The van der Waals surface area contributed by atoms with Gasteiger partial charge in [0.1, 0.15) is 11.4 Å². The molecule has 104 valence electrons. The first-order chi connectivity index (χ1) is 9.38. The molecule has 2 rings (SSSR count). The third kappa shape index (κ3) is 3.25. The number of phenolic OH excluding ortho intramolecular Hbond substituents is 1. The number of ketones is 1. The van der Waals surface area contributed by atoms with Gasteiger partial charge in [0.2, 0.25) is 0 Å². The van der Waals surface area contributed by atoms with E-state index in [9.17, 15) is 15.0 Å². The predicted octanol–water partition coefficient (Wildman–Crippen LogP) is 2.94. The van der Waals surface area contributed by atoms with Gasteiger partial charge in [-0.3, -0.25) is 4.79 Å². The number of benzene rings is 2. The van der Waals surface area contributed by atoms with E-state index in [4.69, 9.17) is 0 Å². The maximum absolute atomic E-state index is 11.9. The Labute approximate surface area is 118 Å². The molecule has 0 spiro atoms. The van der Waals surface area contributed by atoms with Crippen LogP contribution in [0.4, 0.5) is 0 Å². The molecule has 0 saturated heterocycles. The summed E-state index contributed by atoms with van der Waals surface area (Å²) in [6, 6.07) is 14.3. The molecule has 0 bridgehead atoms. The van der Waals surface area contributed by atoms with Crippen molar-refractivity contribution in [3.8, 4) is 5.75 Å². The molecule has 0 aromatic heterocycles. The van der Waals surface area contributed by atoms with Crippen LogP contribution in [0.3, 0.4) is 0 Å². The number of carbonyl (C=O) groups excluding carboxylic acids is 1. The highest BCUT2D eigenvalue weighted by atomic mass is 16.3. The minimum atomic E-state index is -1.36. The Morgan fingerprint density at radius 1 is 1.05 bits per heavy atom. The number of hydrogen-bond acceptors (Lipinski definition) is 3. The van der Waals surface area contributed by atoms with Crippen LogP contribution < -0.4 is 0 Å². The van der Waals surface area contributed by atoms with Gasteiger partial charge in [-0.2, -0.15) is 0 Å². The molecular formula is C17H18O3. The fraction of sp³-hybridized carbons (Fsp3) is 0.235. The summed E-state index contributed by atoms with van der Waals surface area (Å²) in [7, 11) is 0. The fourth-order valence-corrected chi connectivity index (χ4v) is 2.01. The van der Waals surface area contributed by atoms with E-state index >= 15 is 0 Å². The van der Waals surface area contributed by atoms with Crippen molar-refractivity contribution in [2.75, 3.05) is 0 Å². The Bertz CT molecular complexity index is 607. The summed E-state index contributed by atoms with van der Waals surface area (Å²) in [6.45, 7) is 2.95. The second kappa shape index (κ2) is 5.47. The van der Waals surface area contributed by atoms with Crippen LogP contribution in [0, 0.1) is 0 Å². The topological polar surface area (TPSA) is 57.5 Å². The maximum atomic E-state index is 11.9. The maximum Gasteiger partial charge on any atom is 0.193 e. The Morgan fingerprint density at radius 3 is 2.20 bits per heavy atom. The Balaban J connectivity index is 2.17. The summed E-state index contributed by atoms with van der Waals surface area (Å²) < 4.78 is 0. The van der Waals surface area contributed by atoms with Gasteiger partial charge in [-0.05, 0) is 31.0 Å². The molecule has 2 aromatic rings. The molecule has 2 N–H and O–H groups in total. The van der Waals surface area contributed by atoms with E-state index < -0.39 is 5.60 Å². The monoisotopic (exact) mass is 270 g/mol. The van der Waals surface area contributed by atoms with Gasteiger partial charge in [0, 0.05) is 12.0 Å². The molecule has 0 atom stereocenters. The van der Waals surface area contributed by atoms with Crippen LogP contribution in [0.15, 0.2) is 48.5 Å². The number of phenols is 1. The van der Waals surface area contributed by atoms with Crippen LogP contribution in [0.25, 0.3) is 0 Å². The zero-order valence-electron chi connectivity index (χ0n) is 11.6. The Hall–Kier alpha value is -2.13. The average molecular weight is 270 g/mol. The fourth-order valence-electron chi connectivity index (χ4n) is 2.01. The van der Waals surface area contributed by atoms with Gasteiger partial charge in [-0.15, -0.1) is 0 Å². The third-order valence-corrected chi connectivity index (χ3v) is 3.16. The van der Waals surface area contributed by atoms with Crippen LogP contribution in [-0.4, -0.2) is 21.6 Å². The van der Waals surface area contributed by atoms with E-state index in [1.54, 1.807) is 24.3 Å². The number of hydrogen-bond donors (Lipinski definition) is 2. The van der Waals surface area contributed by atoms with Crippen molar-refractivity contribution in [2.45, 2.75) is 25.9 Å². The van der Waals surface area contributed by atoms with Crippen molar-refractivity contribution in [1.82, 2.24) is 0 Å². The molecule has 0 unspecified atom stereocenters. The summed E-state index contributed by atoms with van der Waals surface area (Å²) in [5.74, 6) is -0.0317. The number of aliphatic hydroxyl groups is 1. The summed E-state index contributed by atoms with van der Waals surface area (Å²) in [5.41, 5.74) is 0.963. The largest absolute Gasteiger partial charge is 0.508 e. The van der Waals surface area contributed by atoms with Gasteiger partial charge in [0.25, 0.3) is 0 Å². The molecule has 0 fully saturated rings. The van der Waals surface area contributed by atoms with Crippen LogP contribution in [0.1, 0.15) is 35.3 Å². The lowest BCUT2D eigenvalue weighted by Gasteiger charge is -2.15. The summed E-state index contributed by atoms with van der Waals surface area (Å²) in [4.78, 5) is 11.9. The van der Waals surface area contributed by atoms with E-state index in [-0.39, 0.29) is 11.5 Å². The number of para-hydroxylation sites is 1. The smallest absolute Gasteiger partial charge is 0.193 e. The predicted molar refractivity (Wildman–Crippen MR) is 78.0 cm³/mol. The summed E-state index contributed by atoms with van der Waals surface area (Å²) >= 11 is 0. The van der Waals surface area contributed by atoms with Crippen LogP contribution in [0.2, 0.25) is 0 Å². The highest BCUT2D eigenvalue weighted by Crippen LogP contribution is 2.20. The Kier molecular flexibility index (Phi) is 3.91. The van der Waals surface area contributed by atoms with Crippen molar-refractivity contribution in [3.05, 3.63) is 65.2 Å². The summed E-state index contributed by atoms with van der Waals surface area (Å²) in [5, 5.41) is 19.4. The first-order valence-corrected chi connectivity index (χ1v) is 6.51. The molecule has 0 saturated carbocycles.